The Morgan fingerprint density at radius 1 is 1.40 bits per heavy atom. The molecule has 0 radical (unpaired) electrons. The second kappa shape index (κ2) is 6.53. The van der Waals surface area contributed by atoms with Gasteiger partial charge in [0.25, 0.3) is 0 Å². The average Bonchev–Trinajstić information content (AvgIpc) is 2.86. The third-order valence-corrected chi connectivity index (χ3v) is 3.61. The van der Waals surface area contributed by atoms with Crippen molar-refractivity contribution in [2.75, 3.05) is 0 Å². The van der Waals surface area contributed by atoms with E-state index in [-0.39, 0.29) is 11.9 Å². The molecule has 3 heteroatoms. The first-order chi connectivity index (χ1) is 9.69. The van der Waals surface area contributed by atoms with Gasteiger partial charge in [-0.25, -0.2) is 0 Å². The fourth-order valence-corrected chi connectivity index (χ4v) is 2.46. The maximum Gasteiger partial charge on any atom is 0.165 e. The number of ketones is 1. The van der Waals surface area contributed by atoms with E-state index in [0.717, 1.165) is 35.7 Å². The Kier molecular flexibility index (Phi) is 4.74. The number of hydrogen-bond acceptors (Lipinski definition) is 2. The lowest BCUT2D eigenvalue weighted by Crippen LogP contribution is -2.14. The van der Waals surface area contributed by atoms with E-state index >= 15 is 0 Å². The molecule has 1 aromatic carbocycles. The second-order valence-corrected chi connectivity index (χ2v) is 5.07. The molecule has 0 spiro atoms. The molecule has 2 N–H and O–H groups in total. The van der Waals surface area contributed by atoms with Gasteiger partial charge in [0.2, 0.25) is 0 Å². The number of aromatic nitrogens is 1. The molecule has 0 aliphatic rings. The molecule has 1 atom stereocenters. The fraction of sp³-hybridized carbons (Fsp3) is 0.353. The van der Waals surface area contributed by atoms with Crippen molar-refractivity contribution in [3.05, 3.63) is 48.7 Å². The fourth-order valence-electron chi connectivity index (χ4n) is 2.46. The normalized spacial score (nSPS) is 12.5. The topological polar surface area (TPSA) is 48.0 Å². The summed E-state index contributed by atoms with van der Waals surface area (Å²) >= 11 is 0. The van der Waals surface area contributed by atoms with Crippen molar-refractivity contribution >= 4 is 16.7 Å². The number of nitrogens with two attached hydrogens (primary N) is 1. The van der Waals surface area contributed by atoms with Gasteiger partial charge in [0, 0.05) is 23.6 Å². The van der Waals surface area contributed by atoms with Gasteiger partial charge in [-0.15, -0.1) is 0 Å². The highest BCUT2D eigenvalue weighted by Gasteiger charge is 2.16. The van der Waals surface area contributed by atoms with Crippen LogP contribution in [0.2, 0.25) is 0 Å². The van der Waals surface area contributed by atoms with Crippen LogP contribution in [0.1, 0.15) is 49.1 Å². The third kappa shape index (κ3) is 2.83. The van der Waals surface area contributed by atoms with Crippen LogP contribution in [0.4, 0.5) is 0 Å². The highest BCUT2D eigenvalue weighted by molar-refractivity contribution is 6.08. The first kappa shape index (κ1) is 14.5. The van der Waals surface area contributed by atoms with E-state index in [1.165, 1.54) is 0 Å². The summed E-state index contributed by atoms with van der Waals surface area (Å²) in [6, 6.07) is 7.88. The van der Waals surface area contributed by atoms with E-state index in [1.807, 2.05) is 35.0 Å². The number of unbranched alkanes of at least 4 members (excludes halogenated alkanes) is 2. The quantitative estimate of drug-likeness (QED) is 0.469. The largest absolute Gasteiger partial charge is 0.327 e. The Morgan fingerprint density at radius 3 is 2.85 bits per heavy atom. The molecule has 2 rings (SSSR count). The number of carbonyl (C=O) groups is 1. The summed E-state index contributed by atoms with van der Waals surface area (Å²) in [6.07, 6.45) is 7.00. The predicted octanol–water partition coefficient (Wildman–Crippen LogP) is 4.05. The molecule has 1 aromatic heterocycles. The van der Waals surface area contributed by atoms with Crippen molar-refractivity contribution in [1.29, 1.82) is 0 Å². The molecule has 0 saturated carbocycles. The average molecular weight is 270 g/mol. The van der Waals surface area contributed by atoms with E-state index in [4.69, 9.17) is 5.73 Å². The first-order valence-corrected chi connectivity index (χ1v) is 7.20. The molecule has 1 unspecified atom stereocenters. The maximum atomic E-state index is 12.4. The number of fused-ring (bicyclic) bond motifs is 1. The van der Waals surface area contributed by atoms with Crippen LogP contribution in [-0.2, 0) is 0 Å². The smallest absolute Gasteiger partial charge is 0.165 e. The van der Waals surface area contributed by atoms with E-state index in [1.54, 1.807) is 6.08 Å². The lowest BCUT2D eigenvalue weighted by atomic mass is 10.0. The molecular weight excluding hydrogens is 248 g/mol. The Morgan fingerprint density at radius 2 is 2.15 bits per heavy atom. The Bertz CT molecular complexity index is 612. The van der Waals surface area contributed by atoms with Gasteiger partial charge in [0.1, 0.15) is 6.17 Å². The molecule has 2 aromatic rings. The summed E-state index contributed by atoms with van der Waals surface area (Å²) in [5, 5.41) is 0.978. The lowest BCUT2D eigenvalue weighted by molar-refractivity contribution is 0.0980. The van der Waals surface area contributed by atoms with Gasteiger partial charge in [0.15, 0.2) is 5.78 Å². The molecule has 106 valence electrons. The minimum absolute atomic E-state index is 0.199. The number of rotatable bonds is 7. The highest BCUT2D eigenvalue weighted by Crippen LogP contribution is 2.25. The number of hydrogen-bond donors (Lipinski definition) is 1. The summed E-state index contributed by atoms with van der Waals surface area (Å²) in [5.74, 6) is 0.199. The van der Waals surface area contributed by atoms with Crippen LogP contribution in [0.5, 0.6) is 0 Å². The van der Waals surface area contributed by atoms with Gasteiger partial charge in [-0.1, -0.05) is 50.6 Å². The summed E-state index contributed by atoms with van der Waals surface area (Å²) in [7, 11) is 0. The molecular formula is C17H22N2O. The Labute approximate surface area is 120 Å². The van der Waals surface area contributed by atoms with Crippen LogP contribution < -0.4 is 5.73 Å². The van der Waals surface area contributed by atoms with Gasteiger partial charge in [0.05, 0.1) is 5.52 Å². The zero-order valence-electron chi connectivity index (χ0n) is 12.0. The van der Waals surface area contributed by atoms with Gasteiger partial charge in [-0.3, -0.25) is 4.79 Å². The van der Waals surface area contributed by atoms with Crippen LogP contribution in [0, 0.1) is 0 Å². The third-order valence-electron chi connectivity index (χ3n) is 3.61. The Hall–Kier alpha value is -1.87. The van der Waals surface area contributed by atoms with Crippen LogP contribution in [-0.4, -0.2) is 10.4 Å². The number of Topliss-reactive ketones (excluding diaryl/α,β-unsaturated/α-hetero) is 1. The SMILES string of the molecule is C=CC(N)n1cc(C(=O)CCCCC)c2ccccc21. The molecule has 3 nitrogen and oxygen atoms in total. The number of benzene rings is 1. The molecule has 1 heterocycles. The van der Waals surface area contributed by atoms with E-state index < -0.39 is 0 Å². The summed E-state index contributed by atoms with van der Waals surface area (Å²) in [6.45, 7) is 5.87. The predicted molar refractivity (Wildman–Crippen MR) is 83.8 cm³/mol. The minimum Gasteiger partial charge on any atom is -0.327 e. The molecule has 0 amide bonds. The first-order valence-electron chi connectivity index (χ1n) is 7.20. The van der Waals surface area contributed by atoms with Crippen molar-refractivity contribution in [3.8, 4) is 0 Å². The summed E-state index contributed by atoms with van der Waals surface area (Å²) in [5.41, 5.74) is 7.79. The standard InChI is InChI=1S/C17H22N2O/c1-3-5-6-11-16(20)14-12-19(17(18)4-2)15-10-8-7-9-13(14)15/h4,7-10,12,17H,2-3,5-6,11,18H2,1H3. The van der Waals surface area contributed by atoms with Crippen molar-refractivity contribution < 1.29 is 4.79 Å². The van der Waals surface area contributed by atoms with Gasteiger partial charge in [-0.05, 0) is 12.5 Å². The van der Waals surface area contributed by atoms with Crippen LogP contribution in [0.15, 0.2) is 43.1 Å². The number of carbonyl (C=O) groups excluding carboxylic acids is 1. The zero-order chi connectivity index (χ0) is 14.5. The van der Waals surface area contributed by atoms with Crippen molar-refractivity contribution in [2.24, 2.45) is 5.73 Å². The second-order valence-electron chi connectivity index (χ2n) is 5.07. The number of nitrogens with zero attached hydrogens (tertiary/aromatic N) is 1. The van der Waals surface area contributed by atoms with Gasteiger partial charge < -0.3 is 10.3 Å². The van der Waals surface area contributed by atoms with Crippen molar-refractivity contribution in [2.45, 2.75) is 38.8 Å². The summed E-state index contributed by atoms with van der Waals surface area (Å²) in [4.78, 5) is 12.4. The molecule has 0 bridgehead atoms. The van der Waals surface area contributed by atoms with E-state index in [9.17, 15) is 4.79 Å². The van der Waals surface area contributed by atoms with Crippen molar-refractivity contribution in [3.63, 3.8) is 0 Å². The lowest BCUT2D eigenvalue weighted by Gasteiger charge is -2.09. The molecule has 0 fully saturated rings. The van der Waals surface area contributed by atoms with Crippen molar-refractivity contribution in [1.82, 2.24) is 4.57 Å². The van der Waals surface area contributed by atoms with E-state index in [2.05, 4.69) is 13.5 Å². The van der Waals surface area contributed by atoms with Gasteiger partial charge >= 0.3 is 0 Å². The zero-order valence-corrected chi connectivity index (χ0v) is 12.0. The molecule has 0 aliphatic carbocycles. The van der Waals surface area contributed by atoms with E-state index in [0.29, 0.717) is 6.42 Å². The minimum atomic E-state index is -0.308. The van der Waals surface area contributed by atoms with Crippen LogP contribution >= 0.6 is 0 Å². The maximum absolute atomic E-state index is 12.4. The van der Waals surface area contributed by atoms with Gasteiger partial charge in [-0.2, -0.15) is 0 Å². The van der Waals surface area contributed by atoms with Crippen LogP contribution in [0.3, 0.4) is 0 Å². The molecule has 0 saturated heterocycles. The Balaban J connectivity index is 2.38. The summed E-state index contributed by atoms with van der Waals surface area (Å²) < 4.78 is 1.91. The van der Waals surface area contributed by atoms with Crippen LogP contribution in [0.25, 0.3) is 10.9 Å². The number of para-hydroxylation sites is 1. The molecule has 0 aliphatic heterocycles. The molecule has 20 heavy (non-hydrogen) atoms. The monoisotopic (exact) mass is 270 g/mol. The highest BCUT2D eigenvalue weighted by atomic mass is 16.1.